The largest absolute Gasteiger partial charge is 0.441 e. The van der Waals surface area contributed by atoms with Gasteiger partial charge in [-0.3, -0.25) is 4.79 Å². The van der Waals surface area contributed by atoms with Gasteiger partial charge in [-0.15, -0.1) is 0 Å². The predicted octanol–water partition coefficient (Wildman–Crippen LogP) is 4.33. The number of amides is 1. The number of hydrogen-bond donors (Lipinski definition) is 1. The van der Waals surface area contributed by atoms with E-state index >= 15 is 0 Å². The minimum absolute atomic E-state index is 0.0484. The molecular formula is C18H13F3N2O2. The molecule has 25 heavy (non-hydrogen) atoms. The van der Waals surface area contributed by atoms with Crippen LogP contribution in [0.15, 0.2) is 53.1 Å². The number of aromatic nitrogens is 1. The van der Waals surface area contributed by atoms with E-state index in [0.717, 1.165) is 6.07 Å². The summed E-state index contributed by atoms with van der Waals surface area (Å²) in [5.41, 5.74) is 0.0389. The Bertz CT molecular complexity index is 909. The van der Waals surface area contributed by atoms with Crippen molar-refractivity contribution in [3.8, 4) is 11.3 Å². The van der Waals surface area contributed by atoms with Crippen LogP contribution < -0.4 is 5.32 Å². The number of benzene rings is 2. The molecule has 1 N–H and O–H groups in total. The smallest absolute Gasteiger partial charge is 0.224 e. The summed E-state index contributed by atoms with van der Waals surface area (Å²) >= 11 is 0. The molecule has 0 aliphatic carbocycles. The van der Waals surface area contributed by atoms with Crippen LogP contribution in [0.25, 0.3) is 11.3 Å². The Labute approximate surface area is 141 Å². The van der Waals surface area contributed by atoms with E-state index < -0.39 is 23.4 Å². The monoisotopic (exact) mass is 346 g/mol. The lowest BCUT2D eigenvalue weighted by molar-refractivity contribution is -0.116. The highest BCUT2D eigenvalue weighted by Gasteiger charge is 2.13. The minimum atomic E-state index is -1.12. The van der Waals surface area contributed by atoms with Gasteiger partial charge in [-0.25, -0.2) is 18.2 Å². The second-order valence-electron chi connectivity index (χ2n) is 5.25. The van der Waals surface area contributed by atoms with Crippen LogP contribution in [-0.2, 0) is 11.2 Å². The van der Waals surface area contributed by atoms with Crippen molar-refractivity contribution < 1.29 is 22.4 Å². The molecule has 7 heteroatoms. The summed E-state index contributed by atoms with van der Waals surface area (Å²) < 4.78 is 45.7. The molecule has 4 nitrogen and oxygen atoms in total. The van der Waals surface area contributed by atoms with Gasteiger partial charge in [0.05, 0.1) is 17.4 Å². The Hall–Kier alpha value is -3.09. The van der Waals surface area contributed by atoms with Crippen molar-refractivity contribution in [2.75, 3.05) is 5.32 Å². The van der Waals surface area contributed by atoms with Crippen molar-refractivity contribution in [2.45, 2.75) is 12.8 Å². The summed E-state index contributed by atoms with van der Waals surface area (Å²) in [6.07, 6.45) is 1.46. The molecule has 0 atom stereocenters. The highest BCUT2D eigenvalue weighted by Crippen LogP contribution is 2.23. The number of hydrogen-bond acceptors (Lipinski definition) is 3. The fourth-order valence-corrected chi connectivity index (χ4v) is 2.24. The highest BCUT2D eigenvalue weighted by atomic mass is 19.2. The fourth-order valence-electron chi connectivity index (χ4n) is 2.24. The summed E-state index contributed by atoms with van der Waals surface area (Å²) in [6.45, 7) is 0. The molecule has 3 rings (SSSR count). The van der Waals surface area contributed by atoms with Gasteiger partial charge < -0.3 is 9.73 Å². The molecule has 0 aliphatic rings. The molecule has 128 valence electrons. The number of halogens is 3. The number of anilines is 1. The summed E-state index contributed by atoms with van der Waals surface area (Å²) in [7, 11) is 0. The average molecular weight is 346 g/mol. The van der Waals surface area contributed by atoms with Crippen LogP contribution >= 0.6 is 0 Å². The lowest BCUT2D eigenvalue weighted by Crippen LogP contribution is -2.14. The van der Waals surface area contributed by atoms with E-state index in [2.05, 4.69) is 10.3 Å². The Morgan fingerprint density at radius 1 is 1.04 bits per heavy atom. The number of oxazole rings is 1. The quantitative estimate of drug-likeness (QED) is 0.748. The van der Waals surface area contributed by atoms with E-state index in [1.54, 1.807) is 18.2 Å². The standard InChI is InChI=1S/C18H13F3N2O2/c19-12-5-2-1-4-11(12)15-10-22-17(25-15)9-8-16(24)23-14-7-3-6-13(20)18(14)21/h1-7,10H,8-9H2,(H,23,24). The maximum Gasteiger partial charge on any atom is 0.224 e. The molecule has 1 amide bonds. The van der Waals surface area contributed by atoms with Crippen LogP contribution in [0.1, 0.15) is 12.3 Å². The summed E-state index contributed by atoms with van der Waals surface area (Å²) in [4.78, 5) is 15.8. The zero-order valence-electron chi connectivity index (χ0n) is 12.9. The molecule has 0 saturated heterocycles. The first-order valence-corrected chi connectivity index (χ1v) is 7.48. The third-order valence-electron chi connectivity index (χ3n) is 3.48. The van der Waals surface area contributed by atoms with Crippen molar-refractivity contribution >= 4 is 11.6 Å². The van der Waals surface area contributed by atoms with Gasteiger partial charge >= 0.3 is 0 Å². The molecule has 0 unspecified atom stereocenters. The van der Waals surface area contributed by atoms with E-state index in [-0.39, 0.29) is 35.7 Å². The molecule has 0 spiro atoms. The van der Waals surface area contributed by atoms with Crippen LogP contribution in [0.3, 0.4) is 0 Å². The second-order valence-corrected chi connectivity index (χ2v) is 5.25. The molecule has 3 aromatic rings. The average Bonchev–Trinajstić information content (AvgIpc) is 3.06. The maximum atomic E-state index is 13.7. The number of aryl methyl sites for hydroxylation is 1. The molecule has 1 heterocycles. The van der Waals surface area contributed by atoms with Crippen LogP contribution in [0.4, 0.5) is 18.9 Å². The normalized spacial score (nSPS) is 10.7. The molecule has 1 aromatic heterocycles. The van der Waals surface area contributed by atoms with Gasteiger partial charge in [0, 0.05) is 12.8 Å². The summed E-state index contributed by atoms with van der Waals surface area (Å²) in [5, 5.41) is 2.29. The zero-order valence-corrected chi connectivity index (χ0v) is 12.9. The Kier molecular flexibility index (Phi) is 4.83. The number of rotatable bonds is 5. The topological polar surface area (TPSA) is 55.1 Å². The van der Waals surface area contributed by atoms with E-state index in [1.807, 2.05) is 0 Å². The van der Waals surface area contributed by atoms with Crippen LogP contribution in [0.5, 0.6) is 0 Å². The number of nitrogens with zero attached hydrogens (tertiary/aromatic N) is 1. The van der Waals surface area contributed by atoms with Crippen molar-refractivity contribution in [1.82, 2.24) is 4.98 Å². The first kappa shape index (κ1) is 16.8. The number of carbonyl (C=O) groups is 1. The van der Waals surface area contributed by atoms with Crippen molar-refractivity contribution in [1.29, 1.82) is 0 Å². The van der Waals surface area contributed by atoms with E-state index in [9.17, 15) is 18.0 Å². The van der Waals surface area contributed by atoms with Gasteiger partial charge in [0.2, 0.25) is 5.91 Å². The predicted molar refractivity (Wildman–Crippen MR) is 85.2 cm³/mol. The molecular weight excluding hydrogens is 333 g/mol. The third-order valence-corrected chi connectivity index (χ3v) is 3.48. The van der Waals surface area contributed by atoms with Crippen LogP contribution in [0, 0.1) is 17.5 Å². The number of nitrogens with one attached hydrogen (secondary N) is 1. The first-order valence-electron chi connectivity index (χ1n) is 7.48. The van der Waals surface area contributed by atoms with Crippen LogP contribution in [0.2, 0.25) is 0 Å². The summed E-state index contributed by atoms with van der Waals surface area (Å²) in [6, 6.07) is 9.60. The van der Waals surface area contributed by atoms with Crippen LogP contribution in [-0.4, -0.2) is 10.9 Å². The minimum Gasteiger partial charge on any atom is -0.441 e. The van der Waals surface area contributed by atoms with Crippen molar-refractivity contribution in [3.05, 3.63) is 72.0 Å². The molecule has 0 bridgehead atoms. The zero-order chi connectivity index (χ0) is 17.8. The van der Waals surface area contributed by atoms with Gasteiger partial charge in [-0.05, 0) is 24.3 Å². The van der Waals surface area contributed by atoms with E-state index in [0.29, 0.717) is 0 Å². The maximum absolute atomic E-state index is 13.7. The molecule has 0 aliphatic heterocycles. The fraction of sp³-hybridized carbons (Fsp3) is 0.111. The highest BCUT2D eigenvalue weighted by molar-refractivity contribution is 5.90. The molecule has 2 aromatic carbocycles. The third kappa shape index (κ3) is 3.88. The Morgan fingerprint density at radius 3 is 2.60 bits per heavy atom. The first-order chi connectivity index (χ1) is 12.0. The Balaban J connectivity index is 1.62. The van der Waals surface area contributed by atoms with Gasteiger partial charge in [-0.2, -0.15) is 0 Å². The van der Waals surface area contributed by atoms with Crippen molar-refractivity contribution in [2.24, 2.45) is 0 Å². The van der Waals surface area contributed by atoms with Gasteiger partial charge in [0.1, 0.15) is 5.82 Å². The molecule has 0 fully saturated rings. The van der Waals surface area contributed by atoms with Gasteiger partial charge in [-0.1, -0.05) is 18.2 Å². The SMILES string of the molecule is O=C(CCc1ncc(-c2ccccc2F)o1)Nc1cccc(F)c1F. The van der Waals surface area contributed by atoms with Gasteiger partial charge in [0.15, 0.2) is 23.3 Å². The number of carbonyl (C=O) groups excluding carboxylic acids is 1. The molecule has 0 saturated carbocycles. The lowest BCUT2D eigenvalue weighted by atomic mass is 10.2. The van der Waals surface area contributed by atoms with Gasteiger partial charge in [0.25, 0.3) is 0 Å². The van der Waals surface area contributed by atoms with E-state index in [1.165, 1.54) is 24.4 Å². The second kappa shape index (κ2) is 7.21. The summed E-state index contributed by atoms with van der Waals surface area (Å²) in [5.74, 6) is -2.62. The Morgan fingerprint density at radius 2 is 1.80 bits per heavy atom. The van der Waals surface area contributed by atoms with Crippen molar-refractivity contribution in [3.63, 3.8) is 0 Å². The van der Waals surface area contributed by atoms with E-state index in [4.69, 9.17) is 4.42 Å². The lowest BCUT2D eigenvalue weighted by Gasteiger charge is -2.05. The molecule has 0 radical (unpaired) electrons.